The van der Waals surface area contributed by atoms with Gasteiger partial charge in [-0.05, 0) is 128 Å². The second-order valence-electron chi connectivity index (χ2n) is 34.5. The van der Waals surface area contributed by atoms with E-state index in [0.717, 1.165) is 51.4 Å². The Morgan fingerprint density at radius 1 is 0.311 bits per heavy atom. The summed E-state index contributed by atoms with van der Waals surface area (Å²) in [7, 11) is 0. The molecular formula is C89H163FeN15O27. The molecule has 0 saturated carbocycles. The molecule has 0 aliphatic rings. The smallest absolute Gasteiger partial charge is 0.252 e. The van der Waals surface area contributed by atoms with Crippen LogP contribution in [0.3, 0.4) is 0 Å². The summed E-state index contributed by atoms with van der Waals surface area (Å²) in [6, 6.07) is -2.09. The molecule has 43 heteroatoms. The minimum absolute atomic E-state index is 0. The Morgan fingerprint density at radius 2 is 0.583 bits per heavy atom. The molecule has 0 rings (SSSR count). The van der Waals surface area contributed by atoms with E-state index in [1.807, 2.05) is 0 Å². The monoisotopic (exact) mass is 1930 g/mol. The molecule has 0 fully saturated rings. The minimum atomic E-state index is -1.05. The number of hydroxylamine groups is 18. The first-order chi connectivity index (χ1) is 61.6. The second-order valence-corrected chi connectivity index (χ2v) is 34.5. The average molecular weight is 1930 g/mol. The largest absolute Gasteiger partial charge is 0.356 e. The third kappa shape index (κ3) is 67.5. The van der Waals surface area contributed by atoms with E-state index in [1.165, 1.54) is 20.8 Å². The zero-order chi connectivity index (χ0) is 100. The summed E-state index contributed by atoms with van der Waals surface area (Å²) in [6.45, 7) is 23.9. The van der Waals surface area contributed by atoms with Gasteiger partial charge in [0, 0.05) is 224 Å². The van der Waals surface area contributed by atoms with Crippen LogP contribution in [-0.2, 0) is 103 Å². The van der Waals surface area contributed by atoms with Crippen molar-refractivity contribution in [1.29, 1.82) is 0 Å². The fourth-order valence-corrected chi connectivity index (χ4v) is 12.5. The third-order valence-electron chi connectivity index (χ3n) is 21.1. The first-order valence-electron chi connectivity index (χ1n) is 46.7. The summed E-state index contributed by atoms with van der Waals surface area (Å²) in [5.41, 5.74) is 4.95. The van der Waals surface area contributed by atoms with Crippen molar-refractivity contribution in [2.75, 3.05) is 85.1 Å². The molecule has 0 radical (unpaired) electrons. The number of Topliss-reactive ketones (excluding diaryl/α,β-unsaturated/α-hetero) is 4. The van der Waals surface area contributed by atoms with Crippen LogP contribution < -0.4 is 32.3 Å². The molecule has 0 saturated heterocycles. The van der Waals surface area contributed by atoms with Crippen LogP contribution in [0.2, 0.25) is 0 Å². The first-order valence-corrected chi connectivity index (χ1v) is 46.7. The van der Waals surface area contributed by atoms with E-state index in [1.54, 1.807) is 55.4 Å². The Balaban J connectivity index is -0.000000932. The number of nitrogens with two attached hydrogens (primary N) is 1. The van der Waals surface area contributed by atoms with Gasteiger partial charge < -0.3 is 32.3 Å². The van der Waals surface area contributed by atoms with Crippen molar-refractivity contribution in [3.05, 3.63) is 0 Å². The van der Waals surface area contributed by atoms with Gasteiger partial charge in [-0.1, -0.05) is 108 Å². The van der Waals surface area contributed by atoms with Crippen LogP contribution in [0, 0.1) is 29.1 Å². The molecule has 0 aromatic heterocycles. The molecule has 16 N–H and O–H groups in total. The average Bonchev–Trinajstić information content (AvgIpc) is 0.849. The molecule has 0 aromatic rings. The van der Waals surface area contributed by atoms with Crippen molar-refractivity contribution in [1.82, 2.24) is 72.2 Å². The standard InChI is InChI=1S/C33H61N5O9.C31H57N5O9.C25H45N5O9.Fe/c1-6-7-8-13-22-36(45)30(42)18-16-28(40)34-20-11-9-14-23-37(46)31(43)19-17-29(41)35-21-12-10-15-24-38(47)32(44)33(4,5)25-27(39)26(2)3;1-4-5-6-11-22-35(44)30(41)18-15-27(38)33-21-10-8-13-24-36(45)31(42)19-16-28(39)32-20-9-7-12-23-34(43)29(40)17-14-26(37)25(2)3;1-16(2)24(35)20(9-6-12-28(37)17(3)31)15-23(34)22(11-8-14-30(39)19(5)33)27-25(36)21(26)10-7-13-29(38)18(4)32;/h26,45-47H,6-25H2,1-5H3,(H,34,40)(H,35,41);25,43-45H,4-24H2,1-3H3,(H,32,39)(H,33,38);16,20-22,37-39H,6-15,26H2,1-5H3,(H,27,36);/t;;20-,21+,22+;/m..1./s1. The second kappa shape index (κ2) is 77.7. The van der Waals surface area contributed by atoms with E-state index < -0.39 is 88.3 Å². The number of carbonyl (C=O) groups excluding carboxylic acids is 18. The van der Waals surface area contributed by atoms with Gasteiger partial charge in [0.2, 0.25) is 76.8 Å². The molecule has 42 nitrogen and oxygen atoms in total. The Kier molecular flexibility index (Phi) is 76.3. The van der Waals surface area contributed by atoms with Crippen LogP contribution in [0.4, 0.5) is 0 Å². The molecule has 0 aliphatic heterocycles. The SMILES string of the molecule is CC(=O)N(O)CCC[C@H](CC(=O)[C@H](CCCN(O)C(C)=O)NC(=O)[C@@H](N)CCCN(O)C(C)=O)C(=O)C(C)C.CCCCCCN(O)C(=O)CCC(=O)NCCCCCN(O)C(=O)CCC(=O)NCCCCCN(O)C(=O)C(C)(C)CC(=O)C(C)C.CCCCCCN(O)C(=O)CCC(=O)NCCCCCN(O)C(=O)CCC(=O)NCCCCCN(O)C(=O)CCC(=O)C(C)C.[Fe]. The van der Waals surface area contributed by atoms with Crippen molar-refractivity contribution in [2.45, 2.75) is 346 Å². The Labute approximate surface area is 790 Å². The van der Waals surface area contributed by atoms with E-state index in [0.29, 0.717) is 149 Å². The normalized spacial score (nSPS) is 11.6. The molecular weight excluding hydrogens is 1770 g/mol. The van der Waals surface area contributed by atoms with Gasteiger partial charge in [0.25, 0.3) is 5.91 Å². The predicted octanol–water partition coefficient (Wildman–Crippen LogP) is 8.00. The van der Waals surface area contributed by atoms with Gasteiger partial charge in [-0.2, -0.15) is 0 Å². The van der Waals surface area contributed by atoms with Gasteiger partial charge in [0.1, 0.15) is 17.3 Å². The maximum Gasteiger partial charge on any atom is 0.252 e. The van der Waals surface area contributed by atoms with Crippen LogP contribution in [0.15, 0.2) is 0 Å². The van der Waals surface area contributed by atoms with Crippen LogP contribution in [-0.4, -0.2) is 295 Å². The van der Waals surface area contributed by atoms with E-state index in [9.17, 15) is 133 Å². The van der Waals surface area contributed by atoms with Crippen LogP contribution in [0.1, 0.15) is 334 Å². The third-order valence-corrected chi connectivity index (χ3v) is 21.1. The zero-order valence-corrected chi connectivity index (χ0v) is 82.0. The molecule has 764 valence electrons. The minimum Gasteiger partial charge on any atom is -0.356 e. The number of hydrogen-bond acceptors (Lipinski definition) is 28. The van der Waals surface area contributed by atoms with Crippen molar-refractivity contribution >= 4 is 106 Å². The molecule has 0 heterocycles. The summed E-state index contributed by atoms with van der Waals surface area (Å²) < 4.78 is 0. The quantitative estimate of drug-likeness (QED) is 0.0119. The van der Waals surface area contributed by atoms with Gasteiger partial charge >= 0.3 is 0 Å². The summed E-state index contributed by atoms with van der Waals surface area (Å²) in [6.07, 6.45) is 15.1. The van der Waals surface area contributed by atoms with Gasteiger partial charge in [0.15, 0.2) is 5.78 Å². The molecule has 0 aromatic carbocycles. The summed E-state index contributed by atoms with van der Waals surface area (Å²) in [4.78, 5) is 216. The number of nitrogens with one attached hydrogen (secondary N) is 5. The van der Waals surface area contributed by atoms with Crippen molar-refractivity contribution in [3.8, 4) is 0 Å². The van der Waals surface area contributed by atoms with Gasteiger partial charge in [-0.15, -0.1) is 0 Å². The van der Waals surface area contributed by atoms with E-state index in [-0.39, 0.29) is 250 Å². The maximum atomic E-state index is 13.3. The van der Waals surface area contributed by atoms with Crippen LogP contribution in [0.5, 0.6) is 0 Å². The van der Waals surface area contributed by atoms with Gasteiger partial charge in [-0.3, -0.25) is 133 Å². The number of nitrogens with zero attached hydrogens (tertiary/aromatic N) is 9. The Morgan fingerprint density at radius 3 is 0.871 bits per heavy atom. The van der Waals surface area contributed by atoms with Crippen molar-refractivity contribution < 1.29 is 150 Å². The van der Waals surface area contributed by atoms with Crippen molar-refractivity contribution in [2.24, 2.45) is 34.8 Å². The van der Waals surface area contributed by atoms with E-state index >= 15 is 0 Å². The van der Waals surface area contributed by atoms with Gasteiger partial charge in [0.05, 0.1) is 17.5 Å². The van der Waals surface area contributed by atoms with E-state index in [4.69, 9.17) is 5.73 Å². The maximum absolute atomic E-state index is 13.3. The topological polar surface area (TPSA) is 605 Å². The first kappa shape index (κ1) is 130. The fourth-order valence-electron chi connectivity index (χ4n) is 12.5. The zero-order valence-electron chi connectivity index (χ0n) is 80.9. The molecule has 132 heavy (non-hydrogen) atoms. The number of amides is 14. The number of carbonyl (C=O) groups is 18. The van der Waals surface area contributed by atoms with Gasteiger partial charge in [-0.25, -0.2) is 45.6 Å². The summed E-state index contributed by atoms with van der Waals surface area (Å²) >= 11 is 0. The number of hydrogen-bond donors (Lipinski definition) is 15. The number of ketones is 4. The number of rotatable bonds is 73. The van der Waals surface area contributed by atoms with E-state index in [2.05, 4.69) is 40.4 Å². The molecule has 0 unspecified atom stereocenters. The van der Waals surface area contributed by atoms with Crippen LogP contribution in [0.25, 0.3) is 0 Å². The molecule has 3 atom stereocenters. The van der Waals surface area contributed by atoms with Crippen LogP contribution >= 0.6 is 0 Å². The Hall–Kier alpha value is -8.62. The summed E-state index contributed by atoms with van der Waals surface area (Å²) in [5.74, 6) is -8.68. The molecule has 0 bridgehead atoms. The fraction of sp³-hybridized carbons (Fsp3) is 0.798. The summed E-state index contributed by atoms with van der Waals surface area (Å²) in [5, 5.41) is 107. The van der Waals surface area contributed by atoms with Crippen molar-refractivity contribution in [3.63, 3.8) is 0 Å². The number of unbranched alkanes of at least 4 members (excludes halogenated alkanes) is 14. The molecule has 0 spiro atoms. The Bertz CT molecular complexity index is 3420. The molecule has 0 aliphatic carbocycles. The molecule has 14 amide bonds. The predicted molar refractivity (Wildman–Crippen MR) is 479 cm³/mol.